The molecule has 0 saturated carbocycles. The molecule has 6 nitrogen and oxygen atoms in total. The molecule has 3 N–H and O–H groups in total. The van der Waals surface area contributed by atoms with Crippen LogP contribution in [0.15, 0.2) is 12.3 Å². The van der Waals surface area contributed by atoms with E-state index < -0.39 is 11.8 Å². The van der Waals surface area contributed by atoms with Gasteiger partial charge in [-0.05, 0) is 12.5 Å². The summed E-state index contributed by atoms with van der Waals surface area (Å²) in [4.78, 5) is 25.9. The number of aromatic carboxylic acids is 1. The third-order valence-electron chi connectivity index (χ3n) is 2.30. The molecule has 0 fully saturated rings. The molecule has 1 heterocycles. The first-order valence-corrected chi connectivity index (χ1v) is 5.94. The zero-order valence-electron chi connectivity index (χ0n) is 10.6. The summed E-state index contributed by atoms with van der Waals surface area (Å²) in [6, 6.07) is 0.884. The van der Waals surface area contributed by atoms with Crippen LogP contribution in [0, 0.1) is 5.82 Å². The number of rotatable bonds is 7. The van der Waals surface area contributed by atoms with Gasteiger partial charge in [-0.1, -0.05) is 6.92 Å². The van der Waals surface area contributed by atoms with Crippen LogP contribution in [0.3, 0.4) is 0 Å². The van der Waals surface area contributed by atoms with Crippen molar-refractivity contribution in [2.45, 2.75) is 19.8 Å². The first kappa shape index (κ1) is 14.9. The number of pyridine rings is 1. The summed E-state index contributed by atoms with van der Waals surface area (Å²) >= 11 is 0. The van der Waals surface area contributed by atoms with Crippen LogP contribution in [0.1, 0.15) is 30.1 Å². The standard InChI is InChI=1S/C12H16FN3O3/c1-2-4-14-10(17)3-5-15-11-9(12(18)19)6-8(13)7-16-11/h6-7H,2-5H2,1H3,(H,14,17)(H,15,16)(H,18,19). The van der Waals surface area contributed by atoms with E-state index in [0.29, 0.717) is 6.54 Å². The fourth-order valence-electron chi connectivity index (χ4n) is 1.39. The van der Waals surface area contributed by atoms with Gasteiger partial charge in [0.05, 0.1) is 6.20 Å². The Hall–Kier alpha value is -2.18. The predicted molar refractivity (Wildman–Crippen MR) is 67.6 cm³/mol. The molecule has 19 heavy (non-hydrogen) atoms. The Labute approximate surface area is 110 Å². The number of nitrogens with zero attached hydrogens (tertiary/aromatic N) is 1. The fraction of sp³-hybridized carbons (Fsp3) is 0.417. The second-order valence-electron chi connectivity index (χ2n) is 3.88. The Bertz CT molecular complexity index is 466. The summed E-state index contributed by atoms with van der Waals surface area (Å²) in [6.45, 7) is 2.78. The van der Waals surface area contributed by atoms with Crippen LogP contribution in [0.4, 0.5) is 10.2 Å². The molecule has 104 valence electrons. The minimum absolute atomic E-state index is 0.0530. The Morgan fingerprint density at radius 3 is 2.79 bits per heavy atom. The van der Waals surface area contributed by atoms with Crippen molar-refractivity contribution in [3.63, 3.8) is 0 Å². The highest BCUT2D eigenvalue weighted by Crippen LogP contribution is 2.13. The van der Waals surface area contributed by atoms with Crippen molar-refractivity contribution in [1.82, 2.24) is 10.3 Å². The van der Waals surface area contributed by atoms with Gasteiger partial charge < -0.3 is 15.7 Å². The number of carbonyl (C=O) groups is 2. The Kier molecular flexibility index (Phi) is 5.72. The maximum atomic E-state index is 12.9. The summed E-state index contributed by atoms with van der Waals surface area (Å²) in [5.74, 6) is -2.07. The number of aromatic nitrogens is 1. The third-order valence-corrected chi connectivity index (χ3v) is 2.30. The van der Waals surface area contributed by atoms with Crippen LogP contribution >= 0.6 is 0 Å². The van der Waals surface area contributed by atoms with Crippen molar-refractivity contribution in [2.75, 3.05) is 18.4 Å². The van der Waals surface area contributed by atoms with E-state index >= 15 is 0 Å². The van der Waals surface area contributed by atoms with Crippen molar-refractivity contribution in [3.05, 3.63) is 23.6 Å². The van der Waals surface area contributed by atoms with Gasteiger partial charge in [-0.2, -0.15) is 0 Å². The average Bonchev–Trinajstić information content (AvgIpc) is 2.37. The zero-order valence-corrected chi connectivity index (χ0v) is 10.6. The van der Waals surface area contributed by atoms with Gasteiger partial charge in [-0.25, -0.2) is 14.2 Å². The number of carbonyl (C=O) groups excluding carboxylic acids is 1. The normalized spacial score (nSPS) is 10.0. The highest BCUT2D eigenvalue weighted by molar-refractivity contribution is 5.93. The van der Waals surface area contributed by atoms with Crippen LogP contribution < -0.4 is 10.6 Å². The molecule has 1 amide bonds. The fourth-order valence-corrected chi connectivity index (χ4v) is 1.39. The summed E-state index contributed by atoms with van der Waals surface area (Å²) < 4.78 is 12.9. The van der Waals surface area contributed by atoms with Gasteiger partial charge in [0, 0.05) is 19.5 Å². The number of amides is 1. The molecule has 0 saturated heterocycles. The quantitative estimate of drug-likeness (QED) is 0.693. The lowest BCUT2D eigenvalue weighted by Gasteiger charge is -2.08. The topological polar surface area (TPSA) is 91.3 Å². The van der Waals surface area contributed by atoms with E-state index in [4.69, 9.17) is 5.11 Å². The number of hydrogen-bond donors (Lipinski definition) is 3. The molecule has 0 aliphatic heterocycles. The maximum absolute atomic E-state index is 12.9. The number of anilines is 1. The molecule has 0 aromatic carbocycles. The third kappa shape index (κ3) is 4.90. The molecule has 0 aliphatic carbocycles. The van der Waals surface area contributed by atoms with Gasteiger partial charge in [0.25, 0.3) is 0 Å². The average molecular weight is 269 g/mol. The second kappa shape index (κ2) is 7.30. The largest absolute Gasteiger partial charge is 0.478 e. The monoisotopic (exact) mass is 269 g/mol. The van der Waals surface area contributed by atoms with Crippen molar-refractivity contribution in [1.29, 1.82) is 0 Å². The van der Waals surface area contributed by atoms with Crippen LogP contribution in [0.25, 0.3) is 0 Å². The van der Waals surface area contributed by atoms with Crippen LogP contribution in [-0.2, 0) is 4.79 Å². The van der Waals surface area contributed by atoms with Crippen LogP contribution in [-0.4, -0.2) is 35.1 Å². The van der Waals surface area contributed by atoms with Crippen molar-refractivity contribution < 1.29 is 19.1 Å². The Morgan fingerprint density at radius 1 is 1.42 bits per heavy atom. The van der Waals surface area contributed by atoms with E-state index in [1.54, 1.807) is 0 Å². The summed E-state index contributed by atoms with van der Waals surface area (Å²) in [7, 11) is 0. The first-order chi connectivity index (χ1) is 9.04. The van der Waals surface area contributed by atoms with Gasteiger partial charge >= 0.3 is 5.97 Å². The highest BCUT2D eigenvalue weighted by Gasteiger charge is 2.12. The molecule has 1 aromatic heterocycles. The first-order valence-electron chi connectivity index (χ1n) is 5.94. The van der Waals surface area contributed by atoms with Gasteiger partial charge in [-0.15, -0.1) is 0 Å². The van der Waals surface area contributed by atoms with Gasteiger partial charge in [0.15, 0.2) is 0 Å². The number of halogens is 1. The number of carboxylic acids is 1. The lowest BCUT2D eigenvalue weighted by molar-refractivity contribution is -0.120. The minimum Gasteiger partial charge on any atom is -0.478 e. The van der Waals surface area contributed by atoms with Crippen molar-refractivity contribution >= 4 is 17.7 Å². The number of carboxylic acid groups (broad SMARTS) is 1. The molecule has 7 heteroatoms. The van der Waals surface area contributed by atoms with E-state index in [1.807, 2.05) is 6.92 Å². The maximum Gasteiger partial charge on any atom is 0.339 e. The molecule has 0 spiro atoms. The zero-order chi connectivity index (χ0) is 14.3. The predicted octanol–water partition coefficient (Wildman–Crippen LogP) is 1.25. The van der Waals surface area contributed by atoms with E-state index in [-0.39, 0.29) is 30.3 Å². The molecular formula is C12H16FN3O3. The van der Waals surface area contributed by atoms with E-state index in [1.165, 1.54) is 0 Å². The SMILES string of the molecule is CCCNC(=O)CCNc1ncc(F)cc1C(=O)O. The minimum atomic E-state index is -1.27. The molecule has 1 rings (SSSR count). The van der Waals surface area contributed by atoms with Gasteiger partial charge in [0.1, 0.15) is 17.2 Å². The molecule has 0 aliphatic rings. The highest BCUT2D eigenvalue weighted by atomic mass is 19.1. The summed E-state index contributed by atoms with van der Waals surface area (Å²) in [5, 5.41) is 14.3. The van der Waals surface area contributed by atoms with Gasteiger partial charge in [-0.3, -0.25) is 4.79 Å². The molecule has 0 atom stereocenters. The molecular weight excluding hydrogens is 253 g/mol. The lowest BCUT2D eigenvalue weighted by Crippen LogP contribution is -2.26. The van der Waals surface area contributed by atoms with Gasteiger partial charge in [0.2, 0.25) is 5.91 Å². The molecule has 0 radical (unpaired) electrons. The molecule has 0 unspecified atom stereocenters. The Balaban J connectivity index is 2.53. The second-order valence-corrected chi connectivity index (χ2v) is 3.88. The van der Waals surface area contributed by atoms with Crippen molar-refractivity contribution in [2.24, 2.45) is 0 Å². The van der Waals surface area contributed by atoms with E-state index in [2.05, 4.69) is 15.6 Å². The van der Waals surface area contributed by atoms with Crippen molar-refractivity contribution in [3.8, 4) is 0 Å². The van der Waals surface area contributed by atoms with E-state index in [0.717, 1.165) is 18.7 Å². The molecule has 0 bridgehead atoms. The smallest absolute Gasteiger partial charge is 0.339 e. The summed E-state index contributed by atoms with van der Waals surface area (Å²) in [6.07, 6.45) is 1.96. The number of hydrogen-bond acceptors (Lipinski definition) is 4. The number of nitrogens with one attached hydrogen (secondary N) is 2. The summed E-state index contributed by atoms with van der Waals surface area (Å²) in [5.41, 5.74) is -0.256. The van der Waals surface area contributed by atoms with E-state index in [9.17, 15) is 14.0 Å². The lowest BCUT2D eigenvalue weighted by atomic mass is 10.2. The molecule has 1 aromatic rings. The van der Waals surface area contributed by atoms with Crippen LogP contribution in [0.2, 0.25) is 0 Å². The Morgan fingerprint density at radius 2 is 2.16 bits per heavy atom. The van der Waals surface area contributed by atoms with Crippen LogP contribution in [0.5, 0.6) is 0 Å².